The maximum atomic E-state index is 14.3. The third-order valence-electron chi connectivity index (χ3n) is 9.04. The van der Waals surface area contributed by atoms with Crippen molar-refractivity contribution >= 4 is 23.7 Å². The summed E-state index contributed by atoms with van der Waals surface area (Å²) in [5.41, 5.74) is 5.60. The van der Waals surface area contributed by atoms with Crippen molar-refractivity contribution in [2.45, 2.75) is 46.0 Å². The van der Waals surface area contributed by atoms with Gasteiger partial charge < -0.3 is 25.2 Å². The van der Waals surface area contributed by atoms with E-state index in [2.05, 4.69) is 20.5 Å². The number of ether oxygens (including phenoxy) is 2. The number of aromatic nitrogens is 1. The fraction of sp³-hybridized carbons (Fsp3) is 0.333. The first kappa shape index (κ1) is 36.6. The first-order valence-electron chi connectivity index (χ1n) is 16.6. The van der Waals surface area contributed by atoms with Crippen molar-refractivity contribution in [1.29, 1.82) is 0 Å². The molecule has 0 aliphatic carbocycles. The van der Waals surface area contributed by atoms with Crippen molar-refractivity contribution < 1.29 is 32.5 Å². The zero-order valence-corrected chi connectivity index (χ0v) is 28.8. The number of benzene rings is 3. The molecule has 2 heterocycles. The third-order valence-corrected chi connectivity index (χ3v) is 9.04. The van der Waals surface area contributed by atoms with Gasteiger partial charge in [-0.3, -0.25) is 14.7 Å². The Morgan fingerprint density at radius 1 is 0.920 bits per heavy atom. The van der Waals surface area contributed by atoms with Crippen molar-refractivity contribution in [1.82, 2.24) is 15.2 Å². The van der Waals surface area contributed by atoms with Crippen LogP contribution in [0.5, 0.6) is 11.5 Å². The van der Waals surface area contributed by atoms with E-state index < -0.39 is 17.6 Å². The van der Waals surface area contributed by atoms with Crippen molar-refractivity contribution in [3.05, 3.63) is 105 Å². The van der Waals surface area contributed by atoms with Crippen LogP contribution in [0.15, 0.2) is 60.8 Å². The van der Waals surface area contributed by atoms with Crippen LogP contribution in [-0.2, 0) is 19.3 Å². The number of halogens is 3. The van der Waals surface area contributed by atoms with E-state index >= 15 is 0 Å². The summed E-state index contributed by atoms with van der Waals surface area (Å²) in [4.78, 5) is 19.7. The Bertz CT molecular complexity index is 1850. The number of methoxy groups -OCH3 is 2. The summed E-state index contributed by atoms with van der Waals surface area (Å²) in [6.07, 6.45) is 2.31. The van der Waals surface area contributed by atoms with Gasteiger partial charge in [-0.15, -0.1) is 0 Å². The van der Waals surface area contributed by atoms with E-state index in [0.717, 1.165) is 59.3 Å². The normalized spacial score (nSPS) is 13.6. The highest BCUT2D eigenvalue weighted by Gasteiger charge is 2.34. The lowest BCUT2D eigenvalue weighted by Crippen LogP contribution is -2.19. The number of aliphatic hydroxyl groups is 1. The smallest absolute Gasteiger partial charge is 0.417 e. The Labute approximate surface area is 291 Å². The first-order valence-corrected chi connectivity index (χ1v) is 16.6. The molecule has 5 rings (SSSR count). The zero-order chi connectivity index (χ0) is 35.8. The van der Waals surface area contributed by atoms with E-state index in [-0.39, 0.29) is 17.9 Å². The minimum Gasteiger partial charge on any atom is -0.496 e. The van der Waals surface area contributed by atoms with Crippen LogP contribution in [0.2, 0.25) is 0 Å². The van der Waals surface area contributed by atoms with Gasteiger partial charge >= 0.3 is 6.18 Å². The molecule has 0 saturated carbocycles. The summed E-state index contributed by atoms with van der Waals surface area (Å²) >= 11 is 0. The summed E-state index contributed by atoms with van der Waals surface area (Å²) in [5, 5.41) is 15.1. The molecule has 0 atom stereocenters. The van der Waals surface area contributed by atoms with Gasteiger partial charge in [-0.1, -0.05) is 42.5 Å². The number of amides is 1. The highest BCUT2D eigenvalue weighted by atomic mass is 19.4. The maximum absolute atomic E-state index is 14.3. The van der Waals surface area contributed by atoms with E-state index in [9.17, 15) is 18.0 Å². The second-order valence-corrected chi connectivity index (χ2v) is 12.3. The second kappa shape index (κ2) is 16.3. The summed E-state index contributed by atoms with van der Waals surface area (Å²) in [6, 6.07) is 15.6. The molecule has 8 nitrogen and oxygen atoms in total. The van der Waals surface area contributed by atoms with Crippen molar-refractivity contribution in [3.63, 3.8) is 0 Å². The van der Waals surface area contributed by atoms with E-state index in [1.165, 1.54) is 32.4 Å². The van der Waals surface area contributed by atoms with Crippen molar-refractivity contribution in [3.8, 4) is 22.6 Å². The van der Waals surface area contributed by atoms with Crippen molar-refractivity contribution in [2.24, 2.45) is 0 Å². The zero-order valence-electron chi connectivity index (χ0n) is 28.8. The Kier molecular flexibility index (Phi) is 11.9. The summed E-state index contributed by atoms with van der Waals surface area (Å²) in [5.74, 6) is 0.527. The molecule has 1 aliphatic rings. The average molecular weight is 689 g/mol. The molecule has 1 amide bonds. The van der Waals surface area contributed by atoms with Gasteiger partial charge in [-0.2, -0.15) is 13.2 Å². The molecular weight excluding hydrogens is 645 g/mol. The summed E-state index contributed by atoms with van der Waals surface area (Å²) in [7, 11) is 3.00. The molecule has 3 N–H and O–H groups in total. The average Bonchev–Trinajstić information content (AvgIpc) is 3.62. The molecule has 4 aromatic rings. The predicted octanol–water partition coefficient (Wildman–Crippen LogP) is 7.50. The third kappa shape index (κ3) is 8.53. The highest BCUT2D eigenvalue weighted by molar-refractivity contribution is 6.04. The van der Waals surface area contributed by atoms with E-state index in [1.54, 1.807) is 24.4 Å². The molecule has 0 bridgehead atoms. The topological polar surface area (TPSA) is 96.0 Å². The van der Waals surface area contributed by atoms with Gasteiger partial charge in [0.1, 0.15) is 17.2 Å². The quantitative estimate of drug-likeness (QED) is 0.0989. The van der Waals surface area contributed by atoms with Gasteiger partial charge in [0.05, 0.1) is 26.4 Å². The molecule has 0 radical (unpaired) electrons. The number of nitrogens with one attached hydrogen (secondary N) is 2. The highest BCUT2D eigenvalue weighted by Crippen LogP contribution is 2.38. The van der Waals surface area contributed by atoms with Gasteiger partial charge in [-0.25, -0.2) is 0 Å². The Morgan fingerprint density at radius 3 is 2.26 bits per heavy atom. The fourth-order valence-corrected chi connectivity index (χ4v) is 6.29. The number of carbonyl (C=O) groups excluding carboxylic acids is 1. The summed E-state index contributed by atoms with van der Waals surface area (Å²) < 4.78 is 54.0. The molecule has 1 aromatic heterocycles. The minimum absolute atomic E-state index is 0.00111. The Morgan fingerprint density at radius 2 is 1.58 bits per heavy atom. The van der Waals surface area contributed by atoms with Gasteiger partial charge in [0.25, 0.3) is 5.91 Å². The molecule has 11 heteroatoms. The van der Waals surface area contributed by atoms with Gasteiger partial charge in [0.2, 0.25) is 0 Å². The van der Waals surface area contributed by atoms with Crippen LogP contribution in [-0.4, -0.2) is 61.4 Å². The molecule has 0 unspecified atom stereocenters. The van der Waals surface area contributed by atoms with Gasteiger partial charge in [0, 0.05) is 48.7 Å². The minimum atomic E-state index is -4.54. The maximum Gasteiger partial charge on any atom is 0.417 e. The van der Waals surface area contributed by atoms with Crippen LogP contribution in [0.4, 0.5) is 18.9 Å². The number of carbonyl (C=O) groups is 1. The SMILES string of the molecule is COc1cc(C(=O)Nc2cccc(-c3cccc(/C=C/c4cc(OC)c(CN5CCCC5)cc4C(F)(F)F)c3C)c2C)ncc1CNCCO. The first-order chi connectivity index (χ1) is 24.0. The number of hydrogen-bond donors (Lipinski definition) is 3. The number of nitrogens with zero attached hydrogens (tertiary/aromatic N) is 2. The summed E-state index contributed by atoms with van der Waals surface area (Å²) in [6.45, 7) is 6.82. The molecule has 3 aromatic carbocycles. The molecule has 1 fully saturated rings. The Balaban J connectivity index is 1.41. The van der Waals surface area contributed by atoms with Crippen LogP contribution >= 0.6 is 0 Å². The predicted molar refractivity (Wildman–Crippen MR) is 190 cm³/mol. The molecular formula is C39H43F3N4O4. The van der Waals surface area contributed by atoms with E-state index in [4.69, 9.17) is 14.6 Å². The number of rotatable bonds is 13. The lowest BCUT2D eigenvalue weighted by Gasteiger charge is -2.20. The van der Waals surface area contributed by atoms with Crippen LogP contribution in [0.1, 0.15) is 62.3 Å². The van der Waals surface area contributed by atoms with Crippen LogP contribution in [0.25, 0.3) is 23.3 Å². The molecule has 0 spiro atoms. The number of anilines is 1. The lowest BCUT2D eigenvalue weighted by atomic mass is 9.92. The number of likely N-dealkylation sites (tertiary alicyclic amines) is 1. The number of alkyl halides is 3. The Hall–Kier alpha value is -4.71. The number of aliphatic hydroxyl groups excluding tert-OH is 1. The van der Waals surface area contributed by atoms with Crippen LogP contribution in [0.3, 0.4) is 0 Å². The van der Waals surface area contributed by atoms with Gasteiger partial charge in [-0.05, 0) is 91.4 Å². The molecule has 1 aliphatic heterocycles. The van der Waals surface area contributed by atoms with Crippen molar-refractivity contribution in [2.75, 3.05) is 45.8 Å². The van der Waals surface area contributed by atoms with Crippen LogP contribution < -0.4 is 20.1 Å². The number of hydrogen-bond acceptors (Lipinski definition) is 7. The molecule has 264 valence electrons. The fourth-order valence-electron chi connectivity index (χ4n) is 6.29. The standard InChI is InChI=1S/C39H43F3N4O4/c1-25-27(13-14-28-20-36(49-3)29(19-33(28)39(40,41)42)24-46-16-5-6-17-46)9-7-10-31(25)32-11-8-12-34(26(32)2)45-38(48)35-21-37(50-4)30(23-44-35)22-43-15-18-47/h7-14,19-21,23,43,47H,5-6,15-18,22,24H2,1-4H3,(H,45,48)/b14-13+. The number of pyridine rings is 1. The van der Waals surface area contributed by atoms with E-state index in [1.807, 2.05) is 44.2 Å². The molecule has 1 saturated heterocycles. The largest absolute Gasteiger partial charge is 0.496 e. The second-order valence-electron chi connectivity index (χ2n) is 12.3. The lowest BCUT2D eigenvalue weighted by molar-refractivity contribution is -0.137. The monoisotopic (exact) mass is 688 g/mol. The van der Waals surface area contributed by atoms with Crippen LogP contribution in [0, 0.1) is 13.8 Å². The molecule has 50 heavy (non-hydrogen) atoms. The van der Waals surface area contributed by atoms with E-state index in [0.29, 0.717) is 42.4 Å². The van der Waals surface area contributed by atoms with Gasteiger partial charge in [0.15, 0.2) is 0 Å².